The summed E-state index contributed by atoms with van der Waals surface area (Å²) in [6, 6.07) is 0. The van der Waals surface area contributed by atoms with Crippen molar-refractivity contribution in [3.8, 4) is 0 Å². The smallest absolute Gasteiger partial charge is 0.0811 e. The van der Waals surface area contributed by atoms with E-state index in [9.17, 15) is 15.3 Å². The topological polar surface area (TPSA) is 92.2 Å². The largest absolute Gasteiger partial charge is 0.412 e. The van der Waals surface area contributed by atoms with Crippen molar-refractivity contribution < 1.29 is 20.8 Å². The third-order valence-corrected chi connectivity index (χ3v) is 8.65. The summed E-state index contributed by atoms with van der Waals surface area (Å²) in [5.74, 6) is 2.28. The zero-order valence-electron chi connectivity index (χ0n) is 19.3. The van der Waals surface area contributed by atoms with Gasteiger partial charge in [0.1, 0.15) is 0 Å². The molecule has 5 N–H and O–H groups in total. The van der Waals surface area contributed by atoms with Crippen molar-refractivity contribution in [1.82, 2.24) is 0 Å². The third kappa shape index (κ3) is 5.08. The Balaban J connectivity index is 0.00000272. The second kappa shape index (κ2) is 9.74. The van der Waals surface area contributed by atoms with Crippen LogP contribution >= 0.6 is 0 Å². The standard InChI is InChI=1S/C27H40O3.H2O/c1-17(6-13-25(29)20-8-9-20)23-11-12-24-19(5-4-14-27(23,24)3)7-10-21-15-22(28)16-26(30)18(21)2;/h6-7,10,13,17,20,22-26,28-30H,2,4-5,8-9,11-12,14-16H2,1,3H3;1H2/t17-,22-,23-,24+,25-,26+,27-;/m1./s1. The van der Waals surface area contributed by atoms with E-state index < -0.39 is 12.2 Å². The van der Waals surface area contributed by atoms with E-state index in [4.69, 9.17) is 0 Å². The third-order valence-electron chi connectivity index (χ3n) is 8.65. The van der Waals surface area contributed by atoms with E-state index in [1.165, 1.54) is 44.1 Å². The minimum absolute atomic E-state index is 0. The number of aliphatic hydroxyl groups is 3. The van der Waals surface area contributed by atoms with Crippen molar-refractivity contribution in [2.75, 3.05) is 0 Å². The highest BCUT2D eigenvalue weighted by Crippen LogP contribution is 2.59. The van der Waals surface area contributed by atoms with Crippen LogP contribution in [0.4, 0.5) is 0 Å². The molecule has 4 aliphatic carbocycles. The summed E-state index contributed by atoms with van der Waals surface area (Å²) in [5, 5.41) is 30.4. The van der Waals surface area contributed by atoms with E-state index in [0.29, 0.717) is 41.9 Å². The van der Waals surface area contributed by atoms with Crippen molar-refractivity contribution in [1.29, 1.82) is 0 Å². The summed E-state index contributed by atoms with van der Waals surface area (Å²) in [4.78, 5) is 0. The second-order valence-corrected chi connectivity index (χ2v) is 10.7. The fourth-order valence-electron chi connectivity index (χ4n) is 6.63. The minimum Gasteiger partial charge on any atom is -0.412 e. The Labute approximate surface area is 187 Å². The van der Waals surface area contributed by atoms with Crippen molar-refractivity contribution in [2.24, 2.45) is 29.1 Å². The molecule has 4 nitrogen and oxygen atoms in total. The van der Waals surface area contributed by atoms with Crippen LogP contribution < -0.4 is 0 Å². The molecule has 7 atom stereocenters. The van der Waals surface area contributed by atoms with Gasteiger partial charge in [-0.05, 0) is 91.6 Å². The first-order valence-corrected chi connectivity index (χ1v) is 12.1. The van der Waals surface area contributed by atoms with Crippen LogP contribution in [-0.2, 0) is 0 Å². The molecule has 0 aromatic rings. The van der Waals surface area contributed by atoms with Gasteiger partial charge in [0.25, 0.3) is 0 Å². The first-order valence-electron chi connectivity index (χ1n) is 12.1. The molecule has 31 heavy (non-hydrogen) atoms. The summed E-state index contributed by atoms with van der Waals surface area (Å²) in [7, 11) is 0. The fraction of sp³-hybridized carbons (Fsp3) is 0.704. The van der Waals surface area contributed by atoms with Gasteiger partial charge in [-0.3, -0.25) is 0 Å². The molecule has 4 heteroatoms. The van der Waals surface area contributed by atoms with Crippen LogP contribution in [0.5, 0.6) is 0 Å². The lowest BCUT2D eigenvalue weighted by molar-refractivity contribution is 0.0862. The van der Waals surface area contributed by atoms with Gasteiger partial charge in [-0.15, -0.1) is 0 Å². The van der Waals surface area contributed by atoms with Crippen molar-refractivity contribution >= 4 is 0 Å². The summed E-state index contributed by atoms with van der Waals surface area (Å²) < 4.78 is 0. The van der Waals surface area contributed by atoms with E-state index in [0.717, 1.165) is 17.6 Å². The maximum atomic E-state index is 10.2. The molecular weight excluding hydrogens is 388 g/mol. The molecule has 4 saturated carbocycles. The maximum absolute atomic E-state index is 10.2. The van der Waals surface area contributed by atoms with Crippen LogP contribution in [0.1, 0.15) is 71.6 Å². The Morgan fingerprint density at radius 3 is 2.55 bits per heavy atom. The van der Waals surface area contributed by atoms with Gasteiger partial charge in [0.15, 0.2) is 0 Å². The summed E-state index contributed by atoms with van der Waals surface area (Å²) in [6.07, 6.45) is 16.9. The number of fused-ring (bicyclic) bond motifs is 1. The lowest BCUT2D eigenvalue weighted by Crippen LogP contribution is -2.35. The number of hydrogen-bond donors (Lipinski definition) is 3. The molecule has 0 spiro atoms. The summed E-state index contributed by atoms with van der Waals surface area (Å²) >= 11 is 0. The van der Waals surface area contributed by atoms with Gasteiger partial charge in [0.05, 0.1) is 18.3 Å². The average molecular weight is 431 g/mol. The maximum Gasteiger partial charge on any atom is 0.0811 e. The summed E-state index contributed by atoms with van der Waals surface area (Å²) in [6.45, 7) is 8.88. The summed E-state index contributed by atoms with van der Waals surface area (Å²) in [5.41, 5.74) is 3.63. The molecule has 0 radical (unpaired) electrons. The van der Waals surface area contributed by atoms with Crippen molar-refractivity contribution in [3.05, 3.63) is 47.6 Å². The molecule has 0 aromatic heterocycles. The molecule has 4 aliphatic rings. The highest BCUT2D eigenvalue weighted by molar-refractivity contribution is 5.38. The van der Waals surface area contributed by atoms with Crippen LogP contribution in [0.3, 0.4) is 0 Å². The molecule has 0 unspecified atom stereocenters. The SMILES string of the molecule is C=C1C(=CC=C2CCC[C@]3(C)[C@@H]([C@H](C)C=C[C@@H](O)C4CC4)CC[C@@H]23)C[C@@H](O)C[C@@H]1O.O. The van der Waals surface area contributed by atoms with E-state index in [1.807, 2.05) is 0 Å². The second-order valence-electron chi connectivity index (χ2n) is 10.7. The fourth-order valence-corrected chi connectivity index (χ4v) is 6.63. The van der Waals surface area contributed by atoms with E-state index in [1.54, 1.807) is 0 Å². The van der Waals surface area contributed by atoms with Crippen LogP contribution in [0.15, 0.2) is 47.6 Å². The first kappa shape index (κ1) is 24.4. The molecule has 4 fully saturated rings. The van der Waals surface area contributed by atoms with Crippen LogP contribution in [0.2, 0.25) is 0 Å². The van der Waals surface area contributed by atoms with Crippen molar-refractivity contribution in [3.63, 3.8) is 0 Å². The van der Waals surface area contributed by atoms with Crippen molar-refractivity contribution in [2.45, 2.75) is 89.9 Å². The minimum atomic E-state index is -0.621. The number of hydrogen-bond acceptors (Lipinski definition) is 3. The Morgan fingerprint density at radius 1 is 1.10 bits per heavy atom. The molecule has 0 heterocycles. The number of aliphatic hydroxyl groups excluding tert-OH is 3. The Morgan fingerprint density at radius 2 is 1.84 bits per heavy atom. The highest BCUT2D eigenvalue weighted by Gasteiger charge is 2.50. The van der Waals surface area contributed by atoms with Gasteiger partial charge in [-0.2, -0.15) is 0 Å². The molecule has 0 bridgehead atoms. The average Bonchev–Trinajstić information content (AvgIpc) is 3.49. The van der Waals surface area contributed by atoms with Crippen LogP contribution in [0.25, 0.3) is 0 Å². The zero-order chi connectivity index (χ0) is 21.5. The van der Waals surface area contributed by atoms with Gasteiger partial charge in [0.2, 0.25) is 0 Å². The van der Waals surface area contributed by atoms with Gasteiger partial charge in [0, 0.05) is 6.42 Å². The monoisotopic (exact) mass is 430 g/mol. The predicted molar refractivity (Wildman–Crippen MR) is 125 cm³/mol. The molecule has 0 amide bonds. The van der Waals surface area contributed by atoms with Gasteiger partial charge < -0.3 is 20.8 Å². The van der Waals surface area contributed by atoms with E-state index in [2.05, 4.69) is 44.7 Å². The molecule has 0 aliphatic heterocycles. The molecule has 4 rings (SSSR count). The highest BCUT2D eigenvalue weighted by atomic mass is 16.3. The number of allylic oxidation sites excluding steroid dienone is 4. The predicted octanol–water partition coefficient (Wildman–Crippen LogP) is 4.27. The normalized spacial score (nSPS) is 40.7. The van der Waals surface area contributed by atoms with E-state index >= 15 is 0 Å². The van der Waals surface area contributed by atoms with Crippen LogP contribution in [0, 0.1) is 29.1 Å². The lowest BCUT2D eigenvalue weighted by Gasteiger charge is -2.44. The molecular formula is C27H42O4. The first-order chi connectivity index (χ1) is 14.3. The van der Waals surface area contributed by atoms with Gasteiger partial charge in [-0.25, -0.2) is 0 Å². The quantitative estimate of drug-likeness (QED) is 0.569. The Hall–Kier alpha value is -1.20. The Bertz CT molecular complexity index is 746. The zero-order valence-corrected chi connectivity index (χ0v) is 19.3. The van der Waals surface area contributed by atoms with Crippen LogP contribution in [-0.4, -0.2) is 39.1 Å². The van der Waals surface area contributed by atoms with Gasteiger partial charge >= 0.3 is 0 Å². The lowest BCUT2D eigenvalue weighted by atomic mass is 9.61. The number of rotatable bonds is 5. The molecule has 0 aromatic carbocycles. The molecule has 174 valence electrons. The molecule has 0 saturated heterocycles. The van der Waals surface area contributed by atoms with E-state index in [-0.39, 0.29) is 11.6 Å². The van der Waals surface area contributed by atoms with Gasteiger partial charge in [-0.1, -0.05) is 50.3 Å². The Kier molecular flexibility index (Phi) is 7.68.